The molecule has 0 fully saturated rings. The fraction of sp³-hybridized carbons (Fsp3) is 1.00. The van der Waals surface area contributed by atoms with Gasteiger partial charge in [-0.2, -0.15) is 0 Å². The van der Waals surface area contributed by atoms with E-state index in [0.29, 0.717) is 13.2 Å². The highest BCUT2D eigenvalue weighted by Crippen LogP contribution is 2.33. The third-order valence-corrected chi connectivity index (χ3v) is 7.03. The Balaban J connectivity index is 3.27. The smallest absolute Gasteiger partial charge is 0.329 e. The van der Waals surface area contributed by atoms with Crippen molar-refractivity contribution in [2.75, 3.05) is 54.1 Å². The van der Waals surface area contributed by atoms with Crippen LogP contribution in [0.15, 0.2) is 0 Å². The third kappa shape index (κ3) is 30.3. The molecule has 2 atom stereocenters. The van der Waals surface area contributed by atoms with E-state index in [1.54, 1.807) is 0 Å². The van der Waals surface area contributed by atoms with Gasteiger partial charge in [0.15, 0.2) is 0 Å². The van der Waals surface area contributed by atoms with Gasteiger partial charge in [-0.3, -0.25) is 0 Å². The van der Waals surface area contributed by atoms with Crippen LogP contribution in [0.2, 0.25) is 0 Å². The fourth-order valence-corrected chi connectivity index (χ4v) is 4.70. The second-order valence-corrected chi connectivity index (χ2v) is 12.1. The van der Waals surface area contributed by atoms with Crippen molar-refractivity contribution in [3.8, 4) is 0 Å². The van der Waals surface area contributed by atoms with Crippen LogP contribution >= 0.6 is 8.60 Å². The fourth-order valence-electron chi connectivity index (χ4n) is 4.04. The summed E-state index contributed by atoms with van der Waals surface area (Å²) in [5.74, 6) is 0. The number of aliphatic hydroxyl groups excluding tert-OH is 1. The zero-order chi connectivity index (χ0) is 26.0. The lowest BCUT2D eigenvalue weighted by molar-refractivity contribution is -0.870. The van der Waals surface area contributed by atoms with Crippen LogP contribution in [0.25, 0.3) is 0 Å². The maximum Gasteiger partial charge on any atom is 0.329 e. The van der Waals surface area contributed by atoms with Crippen molar-refractivity contribution >= 4 is 8.60 Å². The second-order valence-electron chi connectivity index (χ2n) is 11.1. The SMILES string of the molecule is CCCCCCCCCCCCCCCCCCOCC(O)COP(O)OCCCC[N+](C)(C)C. The molecule has 0 saturated heterocycles. The molecule has 0 bridgehead atoms. The minimum absolute atomic E-state index is 0.0417. The molecule has 0 aliphatic heterocycles. The Bertz CT molecular complexity index is 423. The maximum absolute atomic E-state index is 9.92. The van der Waals surface area contributed by atoms with Gasteiger partial charge in [-0.05, 0) is 19.3 Å². The average molecular weight is 523 g/mol. The highest BCUT2D eigenvalue weighted by Gasteiger charge is 2.12. The number of quaternary nitrogens is 1. The summed E-state index contributed by atoms with van der Waals surface area (Å²) < 4.78 is 17.0. The van der Waals surface area contributed by atoms with E-state index in [4.69, 9.17) is 13.8 Å². The normalized spacial score (nSPS) is 13.9. The lowest BCUT2D eigenvalue weighted by Gasteiger charge is -2.23. The van der Waals surface area contributed by atoms with Crippen LogP contribution in [0.3, 0.4) is 0 Å². The summed E-state index contributed by atoms with van der Waals surface area (Å²) in [6.07, 6.45) is 22.9. The Kier molecular flexibility index (Phi) is 26.0. The van der Waals surface area contributed by atoms with E-state index in [1.165, 1.54) is 96.3 Å². The van der Waals surface area contributed by atoms with Crippen molar-refractivity contribution < 1.29 is 28.3 Å². The van der Waals surface area contributed by atoms with Gasteiger partial charge in [0, 0.05) is 6.61 Å². The molecule has 0 aliphatic rings. The molecule has 212 valence electrons. The van der Waals surface area contributed by atoms with Crippen LogP contribution in [-0.4, -0.2) is 74.7 Å². The Morgan fingerprint density at radius 2 is 1.06 bits per heavy atom. The number of ether oxygens (including phenoxy) is 1. The molecule has 0 rings (SSSR count). The first-order chi connectivity index (χ1) is 16.8. The highest BCUT2D eigenvalue weighted by atomic mass is 31.2. The van der Waals surface area contributed by atoms with E-state index in [0.717, 1.165) is 30.3 Å². The lowest BCUT2D eigenvalue weighted by atomic mass is 10.0. The summed E-state index contributed by atoms with van der Waals surface area (Å²) in [6, 6.07) is 0. The van der Waals surface area contributed by atoms with Gasteiger partial charge in [-0.25, -0.2) is 0 Å². The van der Waals surface area contributed by atoms with Gasteiger partial charge < -0.3 is 28.3 Å². The van der Waals surface area contributed by atoms with Gasteiger partial charge in [0.05, 0.1) is 47.5 Å². The third-order valence-electron chi connectivity index (χ3n) is 6.25. The lowest BCUT2D eigenvalue weighted by Crippen LogP contribution is -2.35. The van der Waals surface area contributed by atoms with Gasteiger partial charge in [-0.15, -0.1) is 0 Å². The van der Waals surface area contributed by atoms with Crippen molar-refractivity contribution in [2.24, 2.45) is 0 Å². The largest absolute Gasteiger partial charge is 0.388 e. The minimum Gasteiger partial charge on any atom is -0.388 e. The molecule has 7 heteroatoms. The molecule has 0 radical (unpaired) electrons. The number of nitrogens with zero attached hydrogens (tertiary/aromatic N) is 1. The Morgan fingerprint density at radius 1 is 0.600 bits per heavy atom. The van der Waals surface area contributed by atoms with Gasteiger partial charge in [0.25, 0.3) is 0 Å². The van der Waals surface area contributed by atoms with Crippen LogP contribution in [0, 0.1) is 0 Å². The van der Waals surface area contributed by atoms with E-state index < -0.39 is 14.7 Å². The summed E-state index contributed by atoms with van der Waals surface area (Å²) >= 11 is 0. The van der Waals surface area contributed by atoms with Gasteiger partial charge in [0.1, 0.15) is 6.10 Å². The van der Waals surface area contributed by atoms with Crippen molar-refractivity contribution in [2.45, 2.75) is 129 Å². The summed E-state index contributed by atoms with van der Waals surface area (Å²) in [7, 11) is 4.56. The molecule has 0 heterocycles. The van der Waals surface area contributed by atoms with Crippen molar-refractivity contribution in [1.82, 2.24) is 0 Å². The topological polar surface area (TPSA) is 68.2 Å². The quantitative estimate of drug-likeness (QED) is 0.0638. The van der Waals surface area contributed by atoms with Crippen molar-refractivity contribution in [3.63, 3.8) is 0 Å². The number of aliphatic hydroxyl groups is 1. The summed E-state index contributed by atoms with van der Waals surface area (Å²) in [5.41, 5.74) is 0. The predicted octanol–water partition coefficient (Wildman–Crippen LogP) is 7.36. The molecule has 2 N–H and O–H groups in total. The average Bonchev–Trinajstić information content (AvgIpc) is 2.81. The molecule has 0 aromatic rings. The molecule has 0 saturated carbocycles. The molecule has 0 amide bonds. The van der Waals surface area contributed by atoms with Gasteiger partial charge in [-0.1, -0.05) is 103 Å². The Labute approximate surface area is 219 Å². The van der Waals surface area contributed by atoms with E-state index >= 15 is 0 Å². The summed E-state index contributed by atoms with van der Waals surface area (Å²) in [6.45, 7) is 4.79. The standard InChI is InChI=1S/C28H61NO5P/c1-5-6-7-8-9-10-11-12-13-14-15-16-17-18-19-21-24-32-26-28(30)27-34-35(31)33-25-22-20-23-29(2,3)4/h28,30-31H,5-27H2,1-4H3/q+1. The van der Waals surface area contributed by atoms with Crippen molar-refractivity contribution in [1.29, 1.82) is 0 Å². The monoisotopic (exact) mass is 522 g/mol. The molecule has 0 aromatic carbocycles. The summed E-state index contributed by atoms with van der Waals surface area (Å²) in [5, 5.41) is 9.92. The van der Waals surface area contributed by atoms with E-state index in [1.807, 2.05) is 0 Å². The van der Waals surface area contributed by atoms with E-state index in [2.05, 4.69) is 28.1 Å². The zero-order valence-electron chi connectivity index (χ0n) is 23.9. The van der Waals surface area contributed by atoms with Crippen molar-refractivity contribution in [3.05, 3.63) is 0 Å². The first kappa shape index (κ1) is 35.2. The number of rotatable bonds is 28. The van der Waals surface area contributed by atoms with Crippen LogP contribution in [-0.2, 0) is 13.8 Å². The molecule has 0 aromatic heterocycles. The minimum atomic E-state index is -1.92. The molecule has 6 nitrogen and oxygen atoms in total. The number of unbranched alkanes of at least 4 members (excludes halogenated alkanes) is 16. The Hall–Kier alpha value is 0.190. The number of hydrogen-bond donors (Lipinski definition) is 2. The maximum atomic E-state index is 9.92. The molecule has 2 unspecified atom stereocenters. The van der Waals surface area contributed by atoms with E-state index in [-0.39, 0.29) is 13.2 Å². The van der Waals surface area contributed by atoms with E-state index in [9.17, 15) is 10.00 Å². The molecular weight excluding hydrogens is 461 g/mol. The Morgan fingerprint density at radius 3 is 1.54 bits per heavy atom. The predicted molar refractivity (Wildman–Crippen MR) is 150 cm³/mol. The zero-order valence-corrected chi connectivity index (χ0v) is 24.7. The first-order valence-electron chi connectivity index (χ1n) is 14.7. The first-order valence-corrected chi connectivity index (χ1v) is 15.8. The molecular formula is C28H61NO5P+. The van der Waals surface area contributed by atoms with Crippen LogP contribution < -0.4 is 0 Å². The van der Waals surface area contributed by atoms with Crippen LogP contribution in [0.5, 0.6) is 0 Å². The highest BCUT2D eigenvalue weighted by molar-refractivity contribution is 7.40. The van der Waals surface area contributed by atoms with Crippen LogP contribution in [0.4, 0.5) is 0 Å². The summed E-state index contributed by atoms with van der Waals surface area (Å²) in [4.78, 5) is 9.75. The van der Waals surface area contributed by atoms with Gasteiger partial charge >= 0.3 is 8.60 Å². The second kappa shape index (κ2) is 25.8. The molecule has 0 spiro atoms. The molecule has 0 aliphatic carbocycles. The van der Waals surface area contributed by atoms with Crippen LogP contribution in [0.1, 0.15) is 122 Å². The number of hydrogen-bond acceptors (Lipinski definition) is 5. The van der Waals surface area contributed by atoms with Gasteiger partial charge in [0.2, 0.25) is 0 Å². The molecule has 35 heavy (non-hydrogen) atoms.